The summed E-state index contributed by atoms with van der Waals surface area (Å²) in [6.45, 7) is 13.8. The maximum atomic E-state index is 11.7. The van der Waals surface area contributed by atoms with Crippen LogP contribution in [0.4, 0.5) is 0 Å². The van der Waals surface area contributed by atoms with Crippen LogP contribution in [-0.4, -0.2) is 27.0 Å². The summed E-state index contributed by atoms with van der Waals surface area (Å²) >= 11 is 0. The monoisotopic (exact) mass is 284 g/mol. The summed E-state index contributed by atoms with van der Waals surface area (Å²) in [5.74, 6) is 1.27. The first-order valence-electron chi connectivity index (χ1n) is 7.52. The van der Waals surface area contributed by atoms with Gasteiger partial charge in [-0.3, -0.25) is 4.79 Å². The Morgan fingerprint density at radius 1 is 1.21 bits per heavy atom. The molecule has 2 aliphatic carbocycles. The highest BCUT2D eigenvalue weighted by atomic mass is 28.4. The van der Waals surface area contributed by atoms with Crippen LogP contribution in [0.2, 0.25) is 18.1 Å². The third-order valence-electron chi connectivity index (χ3n) is 5.23. The Bertz CT molecular complexity index is 347. The standard InChI is InChI=1S/C15H28O3Si/c1-7-17-14(16)13-11-8-10(9-12(11)13)18-19(5,6)15(2,3)4/h10-13H,7-9H2,1-6H3/t10?,11-,12+,13+. The zero-order chi connectivity index (χ0) is 14.4. The van der Waals surface area contributed by atoms with Crippen LogP contribution >= 0.6 is 0 Å². The van der Waals surface area contributed by atoms with Crippen LogP contribution in [0.15, 0.2) is 0 Å². The van der Waals surface area contributed by atoms with Crippen molar-refractivity contribution >= 4 is 14.3 Å². The van der Waals surface area contributed by atoms with Crippen LogP contribution in [0, 0.1) is 17.8 Å². The Labute approximate surface area is 118 Å². The minimum absolute atomic E-state index is 0.0169. The molecular weight excluding hydrogens is 256 g/mol. The number of esters is 1. The molecule has 0 radical (unpaired) electrons. The van der Waals surface area contributed by atoms with Crippen molar-refractivity contribution < 1.29 is 14.0 Å². The highest BCUT2D eigenvalue weighted by Crippen LogP contribution is 2.59. The van der Waals surface area contributed by atoms with Gasteiger partial charge in [-0.2, -0.15) is 0 Å². The molecule has 0 bridgehead atoms. The van der Waals surface area contributed by atoms with Crippen LogP contribution in [0.3, 0.4) is 0 Å². The Balaban J connectivity index is 1.83. The van der Waals surface area contributed by atoms with E-state index in [2.05, 4.69) is 33.9 Å². The first kappa shape index (κ1) is 15.0. The van der Waals surface area contributed by atoms with E-state index in [0.717, 1.165) is 12.8 Å². The second-order valence-electron chi connectivity index (χ2n) is 7.58. The lowest BCUT2D eigenvalue weighted by Crippen LogP contribution is -2.43. The lowest BCUT2D eigenvalue weighted by atomic mass is 10.1. The van der Waals surface area contributed by atoms with Crippen LogP contribution in [0.1, 0.15) is 40.5 Å². The van der Waals surface area contributed by atoms with Crippen molar-refractivity contribution in [3.63, 3.8) is 0 Å². The number of fused-ring (bicyclic) bond motifs is 1. The van der Waals surface area contributed by atoms with Crippen LogP contribution in [0.25, 0.3) is 0 Å². The first-order chi connectivity index (χ1) is 8.67. The lowest BCUT2D eigenvalue weighted by Gasteiger charge is -2.39. The van der Waals surface area contributed by atoms with E-state index < -0.39 is 8.32 Å². The van der Waals surface area contributed by atoms with Gasteiger partial charge in [0.25, 0.3) is 0 Å². The molecule has 1 unspecified atom stereocenters. The molecule has 0 spiro atoms. The molecule has 0 N–H and O–H groups in total. The number of hydrogen-bond acceptors (Lipinski definition) is 3. The van der Waals surface area contributed by atoms with Gasteiger partial charge in [-0.15, -0.1) is 0 Å². The molecule has 19 heavy (non-hydrogen) atoms. The van der Waals surface area contributed by atoms with Gasteiger partial charge in [0.2, 0.25) is 0 Å². The summed E-state index contributed by atoms with van der Waals surface area (Å²) in [5, 5.41) is 0.264. The van der Waals surface area contributed by atoms with Crippen molar-refractivity contribution in [1.82, 2.24) is 0 Å². The highest BCUT2D eigenvalue weighted by Gasteiger charge is 2.61. The zero-order valence-electron chi connectivity index (χ0n) is 13.2. The predicted molar refractivity (Wildman–Crippen MR) is 78.4 cm³/mol. The second kappa shape index (κ2) is 4.88. The molecule has 0 amide bonds. The van der Waals surface area contributed by atoms with Crippen LogP contribution in [-0.2, 0) is 14.0 Å². The summed E-state index contributed by atoms with van der Waals surface area (Å²) in [5.41, 5.74) is 0. The quantitative estimate of drug-likeness (QED) is 0.584. The number of rotatable bonds is 4. The van der Waals surface area contributed by atoms with E-state index in [1.807, 2.05) is 6.92 Å². The smallest absolute Gasteiger partial charge is 0.309 e. The van der Waals surface area contributed by atoms with Gasteiger partial charge in [0.05, 0.1) is 12.5 Å². The van der Waals surface area contributed by atoms with Crippen molar-refractivity contribution in [1.29, 1.82) is 0 Å². The number of hydrogen-bond donors (Lipinski definition) is 0. The molecule has 4 heteroatoms. The number of carbonyl (C=O) groups excluding carboxylic acids is 1. The molecule has 0 heterocycles. The van der Waals surface area contributed by atoms with Crippen LogP contribution in [0.5, 0.6) is 0 Å². The normalized spacial score (nSPS) is 34.0. The molecule has 110 valence electrons. The maximum absolute atomic E-state index is 11.7. The van der Waals surface area contributed by atoms with E-state index in [4.69, 9.17) is 9.16 Å². The van der Waals surface area contributed by atoms with Gasteiger partial charge in [-0.25, -0.2) is 0 Å². The summed E-state index contributed by atoms with van der Waals surface area (Å²) in [7, 11) is -1.66. The number of carbonyl (C=O) groups is 1. The summed E-state index contributed by atoms with van der Waals surface area (Å²) in [4.78, 5) is 11.7. The Hall–Kier alpha value is -0.353. The van der Waals surface area contributed by atoms with Gasteiger partial charge >= 0.3 is 5.97 Å². The molecule has 2 rings (SSSR count). The molecule has 3 nitrogen and oxygen atoms in total. The van der Waals surface area contributed by atoms with Gasteiger partial charge in [-0.05, 0) is 49.7 Å². The van der Waals surface area contributed by atoms with Crippen molar-refractivity contribution in [3.8, 4) is 0 Å². The largest absolute Gasteiger partial charge is 0.466 e. The van der Waals surface area contributed by atoms with E-state index in [1.54, 1.807) is 0 Å². The van der Waals surface area contributed by atoms with Gasteiger partial charge in [0, 0.05) is 6.10 Å². The van der Waals surface area contributed by atoms with E-state index in [0.29, 0.717) is 24.5 Å². The minimum atomic E-state index is -1.66. The summed E-state index contributed by atoms with van der Waals surface area (Å²) in [6, 6.07) is 0. The average molecular weight is 284 g/mol. The molecule has 2 saturated carbocycles. The van der Waals surface area contributed by atoms with Crippen molar-refractivity contribution in [3.05, 3.63) is 0 Å². The van der Waals surface area contributed by atoms with E-state index in [-0.39, 0.29) is 16.9 Å². The fourth-order valence-electron chi connectivity index (χ4n) is 3.07. The SMILES string of the molecule is CCOC(=O)[C@H]1[C@@H]2CC(O[Si](C)(C)C(C)(C)C)C[C@@H]21. The second-order valence-corrected chi connectivity index (χ2v) is 12.3. The average Bonchev–Trinajstić information content (AvgIpc) is 2.75. The topological polar surface area (TPSA) is 35.5 Å². The fraction of sp³-hybridized carbons (Fsp3) is 0.933. The molecule has 0 aromatic carbocycles. The highest BCUT2D eigenvalue weighted by molar-refractivity contribution is 6.74. The van der Waals surface area contributed by atoms with Crippen molar-refractivity contribution in [2.75, 3.05) is 6.61 Å². The zero-order valence-corrected chi connectivity index (χ0v) is 14.2. The maximum Gasteiger partial charge on any atom is 0.309 e. The number of ether oxygens (including phenoxy) is 1. The van der Waals surface area contributed by atoms with Gasteiger partial charge in [0.15, 0.2) is 8.32 Å². The van der Waals surface area contributed by atoms with Crippen molar-refractivity contribution in [2.45, 2.75) is 64.8 Å². The fourth-order valence-corrected chi connectivity index (χ4v) is 4.45. The van der Waals surface area contributed by atoms with Gasteiger partial charge < -0.3 is 9.16 Å². The molecule has 0 aliphatic heterocycles. The third-order valence-corrected chi connectivity index (χ3v) is 9.76. The van der Waals surface area contributed by atoms with Crippen LogP contribution < -0.4 is 0 Å². The van der Waals surface area contributed by atoms with Gasteiger partial charge in [-0.1, -0.05) is 20.8 Å². The Morgan fingerprint density at radius 3 is 2.16 bits per heavy atom. The molecule has 0 aromatic rings. The molecule has 2 fully saturated rings. The predicted octanol–water partition coefficient (Wildman–Crippen LogP) is 3.60. The first-order valence-corrected chi connectivity index (χ1v) is 10.4. The molecule has 0 aromatic heterocycles. The molecule has 2 aliphatic rings. The Kier molecular flexibility index (Phi) is 3.87. The molecule has 4 atom stereocenters. The van der Waals surface area contributed by atoms with E-state index >= 15 is 0 Å². The van der Waals surface area contributed by atoms with Crippen molar-refractivity contribution in [2.24, 2.45) is 17.8 Å². The molecular formula is C15H28O3Si. The minimum Gasteiger partial charge on any atom is -0.466 e. The lowest BCUT2D eigenvalue weighted by molar-refractivity contribution is -0.145. The third kappa shape index (κ3) is 2.89. The Morgan fingerprint density at radius 2 is 1.74 bits per heavy atom. The van der Waals surface area contributed by atoms with E-state index in [1.165, 1.54) is 0 Å². The van der Waals surface area contributed by atoms with Gasteiger partial charge in [0.1, 0.15) is 0 Å². The molecule has 0 saturated heterocycles. The van der Waals surface area contributed by atoms with E-state index in [9.17, 15) is 4.79 Å². The summed E-state index contributed by atoms with van der Waals surface area (Å²) < 4.78 is 11.6. The summed E-state index contributed by atoms with van der Waals surface area (Å²) in [6.07, 6.45) is 2.49.